The molecule has 2 nitrogen and oxygen atoms in total. The Bertz CT molecular complexity index is 251. The van der Waals surface area contributed by atoms with Crippen LogP contribution in [0.1, 0.15) is 6.92 Å². The fourth-order valence-corrected chi connectivity index (χ4v) is 2.28. The van der Waals surface area contributed by atoms with Crippen LogP contribution >= 0.6 is 8.58 Å². The van der Waals surface area contributed by atoms with Crippen molar-refractivity contribution in [3.05, 3.63) is 18.2 Å². The number of rotatable bonds is 4. The summed E-state index contributed by atoms with van der Waals surface area (Å²) in [5.41, 5.74) is 0. The van der Waals surface area contributed by atoms with E-state index in [1.165, 1.54) is 5.30 Å². The molecule has 1 rings (SSSR count). The van der Waals surface area contributed by atoms with Crippen LogP contribution in [-0.4, -0.2) is 20.4 Å². The van der Waals surface area contributed by atoms with Crippen LogP contribution < -0.4 is 14.8 Å². The molecule has 0 aromatic heterocycles. The number of benzene rings is 1. The van der Waals surface area contributed by atoms with Gasteiger partial charge in [0, 0.05) is 0 Å². The summed E-state index contributed by atoms with van der Waals surface area (Å²) in [6, 6.07) is 5.89. The predicted molar refractivity (Wildman–Crippen MR) is 58.0 cm³/mol. The third-order valence-corrected chi connectivity index (χ3v) is 2.98. The van der Waals surface area contributed by atoms with E-state index in [0.29, 0.717) is 0 Å². The van der Waals surface area contributed by atoms with Gasteiger partial charge >= 0.3 is 0 Å². The maximum absolute atomic E-state index is 5.27. The van der Waals surface area contributed by atoms with Crippen LogP contribution in [0.4, 0.5) is 0 Å². The zero-order valence-electron chi connectivity index (χ0n) is 8.26. The van der Waals surface area contributed by atoms with Crippen LogP contribution in [0, 0.1) is 0 Å². The Morgan fingerprint density at radius 3 is 2.08 bits per heavy atom. The molecular formula is C10H15O2P. The Hall–Kier alpha value is -0.750. The molecule has 0 aliphatic carbocycles. The molecule has 1 unspecified atom stereocenters. The standard InChI is InChI=1S/C10H15O2P/c1-4-13-10-8(11-2)6-5-7-9(10)12-3/h5-7,13H,4H2,1-3H3. The van der Waals surface area contributed by atoms with Gasteiger partial charge in [-0.1, -0.05) is 21.6 Å². The molecule has 0 bridgehead atoms. The third kappa shape index (κ3) is 2.35. The van der Waals surface area contributed by atoms with Gasteiger partial charge in [-0.25, -0.2) is 0 Å². The largest absolute Gasteiger partial charge is 0.496 e. The smallest absolute Gasteiger partial charge is 0.129 e. The van der Waals surface area contributed by atoms with Gasteiger partial charge in [0.15, 0.2) is 0 Å². The van der Waals surface area contributed by atoms with Crippen molar-refractivity contribution in [3.8, 4) is 11.5 Å². The summed E-state index contributed by atoms with van der Waals surface area (Å²) in [7, 11) is 4.13. The minimum absolute atomic E-state index is 0.748. The van der Waals surface area contributed by atoms with Gasteiger partial charge in [-0.3, -0.25) is 0 Å². The van der Waals surface area contributed by atoms with E-state index in [-0.39, 0.29) is 0 Å². The fraction of sp³-hybridized carbons (Fsp3) is 0.400. The Balaban J connectivity index is 3.05. The summed E-state index contributed by atoms with van der Waals surface area (Å²) in [5.74, 6) is 1.86. The lowest BCUT2D eigenvalue weighted by Gasteiger charge is -2.11. The Morgan fingerprint density at radius 1 is 1.15 bits per heavy atom. The minimum Gasteiger partial charge on any atom is -0.496 e. The van der Waals surface area contributed by atoms with Crippen molar-refractivity contribution in [1.82, 2.24) is 0 Å². The Kier molecular flexibility index (Phi) is 4.04. The topological polar surface area (TPSA) is 18.5 Å². The van der Waals surface area contributed by atoms with E-state index in [4.69, 9.17) is 9.47 Å². The predicted octanol–water partition coefficient (Wildman–Crippen LogP) is 2.03. The molecular weight excluding hydrogens is 183 g/mol. The lowest BCUT2D eigenvalue weighted by molar-refractivity contribution is 0.401. The summed E-state index contributed by atoms with van der Waals surface area (Å²) in [6.45, 7) is 2.16. The molecule has 0 amide bonds. The van der Waals surface area contributed by atoms with Crippen LogP contribution in [0.15, 0.2) is 18.2 Å². The average molecular weight is 198 g/mol. The summed E-state index contributed by atoms with van der Waals surface area (Å²) in [5, 5.41) is 1.19. The Morgan fingerprint density at radius 2 is 1.69 bits per heavy atom. The van der Waals surface area contributed by atoms with Gasteiger partial charge in [0.05, 0.1) is 19.5 Å². The highest BCUT2D eigenvalue weighted by Gasteiger charge is 2.07. The van der Waals surface area contributed by atoms with Crippen LogP contribution in [0.5, 0.6) is 11.5 Å². The van der Waals surface area contributed by atoms with Gasteiger partial charge in [-0.05, 0) is 18.3 Å². The quantitative estimate of drug-likeness (QED) is 0.689. The second kappa shape index (κ2) is 5.08. The summed E-state index contributed by atoms with van der Waals surface area (Å²) >= 11 is 0. The highest BCUT2D eigenvalue weighted by atomic mass is 31.1. The van der Waals surface area contributed by atoms with Crippen molar-refractivity contribution >= 4 is 13.9 Å². The third-order valence-electron chi connectivity index (χ3n) is 1.78. The van der Waals surface area contributed by atoms with E-state index in [1.807, 2.05) is 18.2 Å². The van der Waals surface area contributed by atoms with E-state index in [0.717, 1.165) is 26.2 Å². The number of hydrogen-bond donors (Lipinski definition) is 0. The molecule has 13 heavy (non-hydrogen) atoms. The van der Waals surface area contributed by atoms with Crippen molar-refractivity contribution in [2.75, 3.05) is 20.4 Å². The number of ether oxygens (including phenoxy) is 2. The second-order valence-electron chi connectivity index (χ2n) is 2.57. The lowest BCUT2D eigenvalue weighted by atomic mass is 10.3. The molecule has 0 N–H and O–H groups in total. The molecule has 0 aliphatic rings. The summed E-state index contributed by atoms with van der Waals surface area (Å²) in [4.78, 5) is 0. The molecule has 0 spiro atoms. The van der Waals surface area contributed by atoms with Crippen LogP contribution in [0.25, 0.3) is 0 Å². The first-order valence-electron chi connectivity index (χ1n) is 4.28. The van der Waals surface area contributed by atoms with Crippen LogP contribution in [0.2, 0.25) is 0 Å². The summed E-state index contributed by atoms with van der Waals surface area (Å²) in [6.07, 6.45) is 1.12. The first-order valence-corrected chi connectivity index (χ1v) is 5.49. The molecule has 3 heteroatoms. The minimum atomic E-state index is 0.748. The monoisotopic (exact) mass is 198 g/mol. The van der Waals surface area contributed by atoms with E-state index < -0.39 is 0 Å². The zero-order chi connectivity index (χ0) is 9.68. The van der Waals surface area contributed by atoms with Crippen molar-refractivity contribution in [1.29, 1.82) is 0 Å². The Labute approximate surface area is 81.0 Å². The summed E-state index contributed by atoms with van der Waals surface area (Å²) < 4.78 is 10.5. The molecule has 0 radical (unpaired) electrons. The van der Waals surface area contributed by atoms with E-state index in [1.54, 1.807) is 14.2 Å². The average Bonchev–Trinajstić information content (AvgIpc) is 2.18. The molecule has 72 valence electrons. The SMILES string of the molecule is CCPc1c(OC)cccc1OC. The van der Waals surface area contributed by atoms with E-state index >= 15 is 0 Å². The van der Waals surface area contributed by atoms with Crippen molar-refractivity contribution in [2.45, 2.75) is 6.92 Å². The lowest BCUT2D eigenvalue weighted by Crippen LogP contribution is -2.05. The molecule has 0 saturated carbocycles. The second-order valence-corrected chi connectivity index (χ2v) is 4.13. The molecule has 0 saturated heterocycles. The van der Waals surface area contributed by atoms with Gasteiger partial charge in [0.25, 0.3) is 0 Å². The molecule has 1 aromatic carbocycles. The van der Waals surface area contributed by atoms with E-state index in [2.05, 4.69) is 6.92 Å². The van der Waals surface area contributed by atoms with Gasteiger partial charge < -0.3 is 9.47 Å². The number of hydrogen-bond acceptors (Lipinski definition) is 2. The van der Waals surface area contributed by atoms with E-state index in [9.17, 15) is 0 Å². The highest BCUT2D eigenvalue weighted by molar-refractivity contribution is 7.47. The van der Waals surface area contributed by atoms with Crippen molar-refractivity contribution in [3.63, 3.8) is 0 Å². The first kappa shape index (κ1) is 10.3. The zero-order valence-corrected chi connectivity index (χ0v) is 9.26. The van der Waals surface area contributed by atoms with Crippen molar-refractivity contribution < 1.29 is 9.47 Å². The van der Waals surface area contributed by atoms with Crippen molar-refractivity contribution in [2.24, 2.45) is 0 Å². The van der Waals surface area contributed by atoms with Gasteiger partial charge in [0.2, 0.25) is 0 Å². The molecule has 1 atom stereocenters. The molecule has 1 aromatic rings. The first-order chi connectivity index (χ1) is 6.33. The van der Waals surface area contributed by atoms with Gasteiger partial charge in [0.1, 0.15) is 11.5 Å². The van der Waals surface area contributed by atoms with Gasteiger partial charge in [-0.2, -0.15) is 0 Å². The van der Waals surface area contributed by atoms with Crippen LogP contribution in [0.3, 0.4) is 0 Å². The molecule has 0 heterocycles. The van der Waals surface area contributed by atoms with Crippen LogP contribution in [-0.2, 0) is 0 Å². The molecule has 0 fully saturated rings. The van der Waals surface area contributed by atoms with Gasteiger partial charge in [-0.15, -0.1) is 0 Å². The normalized spacial score (nSPS) is 10.7. The number of methoxy groups -OCH3 is 2. The maximum Gasteiger partial charge on any atom is 0.129 e. The highest BCUT2D eigenvalue weighted by Crippen LogP contribution is 2.26. The molecule has 0 aliphatic heterocycles. The fourth-order valence-electron chi connectivity index (χ4n) is 1.20. The maximum atomic E-state index is 5.27.